The fraction of sp³-hybridized carbons (Fsp3) is 0.467. The molecule has 1 atom stereocenters. The molecule has 1 aromatic carbocycles. The Hall–Kier alpha value is -1.91. The fourth-order valence-corrected chi connectivity index (χ4v) is 2.23. The van der Waals surface area contributed by atoms with Crippen molar-refractivity contribution >= 4 is 0 Å². The van der Waals surface area contributed by atoms with Crippen LogP contribution < -0.4 is 4.74 Å². The van der Waals surface area contributed by atoms with Crippen LogP contribution in [0.4, 0.5) is 4.39 Å². The summed E-state index contributed by atoms with van der Waals surface area (Å²) >= 11 is 0. The van der Waals surface area contributed by atoms with E-state index in [4.69, 9.17) is 4.74 Å². The summed E-state index contributed by atoms with van der Waals surface area (Å²) in [4.78, 5) is 0. The number of rotatable bonds is 7. The number of benzene rings is 1. The molecule has 0 amide bonds. The summed E-state index contributed by atoms with van der Waals surface area (Å²) in [5.41, 5.74) is 1.78. The van der Waals surface area contributed by atoms with Crippen molar-refractivity contribution in [3.63, 3.8) is 0 Å². The first-order valence-electron chi connectivity index (χ1n) is 7.01. The van der Waals surface area contributed by atoms with Gasteiger partial charge in [0.1, 0.15) is 11.6 Å². The first kappa shape index (κ1) is 14.5. The predicted octanol–water partition coefficient (Wildman–Crippen LogP) is 3.47. The van der Waals surface area contributed by atoms with E-state index in [2.05, 4.69) is 29.3 Å². The van der Waals surface area contributed by atoms with Gasteiger partial charge in [0.05, 0.1) is 18.5 Å². The van der Waals surface area contributed by atoms with Crippen molar-refractivity contribution in [2.24, 2.45) is 0 Å². The number of nitrogens with zero attached hydrogens (tertiary/aromatic N) is 2. The van der Waals surface area contributed by atoms with E-state index in [0.29, 0.717) is 6.61 Å². The topological polar surface area (TPSA) is 50.8 Å². The summed E-state index contributed by atoms with van der Waals surface area (Å²) in [6.07, 6.45) is 4.24. The van der Waals surface area contributed by atoms with Gasteiger partial charge in [-0.3, -0.25) is 0 Å². The average Bonchev–Trinajstić information content (AvgIpc) is 2.96. The molecular weight excluding hydrogens is 257 g/mol. The Morgan fingerprint density at radius 2 is 2.20 bits per heavy atom. The lowest BCUT2D eigenvalue weighted by Gasteiger charge is -2.18. The number of nitrogens with one attached hydrogen (secondary N) is 1. The molecule has 0 spiro atoms. The lowest BCUT2D eigenvalue weighted by Crippen LogP contribution is -2.07. The number of H-pyrrole nitrogens is 1. The van der Waals surface area contributed by atoms with E-state index in [9.17, 15) is 4.39 Å². The Kier molecular flexibility index (Phi) is 5.09. The molecule has 0 fully saturated rings. The highest BCUT2D eigenvalue weighted by molar-refractivity contribution is 5.37. The number of halogens is 1. The molecule has 2 rings (SSSR count). The fourth-order valence-electron chi connectivity index (χ4n) is 2.23. The molecule has 2 aromatic rings. The average molecular weight is 277 g/mol. The van der Waals surface area contributed by atoms with Gasteiger partial charge in [-0.15, -0.1) is 0 Å². The van der Waals surface area contributed by atoms with E-state index >= 15 is 0 Å². The lowest BCUT2D eigenvalue weighted by atomic mass is 9.91. The van der Waals surface area contributed by atoms with Gasteiger partial charge < -0.3 is 4.74 Å². The highest BCUT2D eigenvalue weighted by Gasteiger charge is 2.17. The molecule has 1 N–H and O–H groups in total. The Bertz CT molecular complexity index is 528. The Labute approximate surface area is 118 Å². The summed E-state index contributed by atoms with van der Waals surface area (Å²) in [7, 11) is 0. The van der Waals surface area contributed by atoms with Crippen molar-refractivity contribution in [1.29, 1.82) is 0 Å². The van der Waals surface area contributed by atoms with Gasteiger partial charge in [-0.05, 0) is 37.0 Å². The zero-order valence-electron chi connectivity index (χ0n) is 11.9. The number of aromatic amines is 1. The van der Waals surface area contributed by atoms with Crippen molar-refractivity contribution in [1.82, 2.24) is 15.4 Å². The van der Waals surface area contributed by atoms with Crippen molar-refractivity contribution < 1.29 is 9.13 Å². The van der Waals surface area contributed by atoms with Crippen LogP contribution in [0.2, 0.25) is 0 Å². The minimum Gasteiger partial charge on any atom is -0.493 e. The maximum Gasteiger partial charge on any atom is 0.123 e. The van der Waals surface area contributed by atoms with E-state index in [1.54, 1.807) is 18.3 Å². The maximum absolute atomic E-state index is 13.6. The monoisotopic (exact) mass is 277 g/mol. The van der Waals surface area contributed by atoms with Crippen LogP contribution >= 0.6 is 0 Å². The van der Waals surface area contributed by atoms with Crippen LogP contribution in [-0.2, 0) is 6.42 Å². The third kappa shape index (κ3) is 3.56. The standard InChI is InChI=1S/C15H20FN3O/c1-3-7-20-15-6-5-12(16)9-14(15)11(4-2)8-13-10-17-19-18-13/h5-6,9-11H,3-4,7-8H2,1-2H3,(H,17,18,19). The van der Waals surface area contributed by atoms with Crippen LogP contribution in [0.25, 0.3) is 0 Å². The highest BCUT2D eigenvalue weighted by atomic mass is 19.1. The van der Waals surface area contributed by atoms with Crippen molar-refractivity contribution in [2.45, 2.75) is 39.0 Å². The minimum atomic E-state index is -0.234. The second-order valence-corrected chi connectivity index (χ2v) is 4.80. The van der Waals surface area contributed by atoms with Crippen LogP contribution in [0.1, 0.15) is 43.9 Å². The van der Waals surface area contributed by atoms with Gasteiger partial charge in [-0.2, -0.15) is 15.4 Å². The lowest BCUT2D eigenvalue weighted by molar-refractivity contribution is 0.311. The van der Waals surface area contributed by atoms with E-state index < -0.39 is 0 Å². The van der Waals surface area contributed by atoms with Crippen LogP contribution in [-0.4, -0.2) is 22.0 Å². The Balaban J connectivity index is 2.24. The van der Waals surface area contributed by atoms with Crippen molar-refractivity contribution in [3.05, 3.63) is 41.5 Å². The quantitative estimate of drug-likeness (QED) is 0.843. The van der Waals surface area contributed by atoms with E-state index in [1.165, 1.54) is 6.07 Å². The molecule has 0 aliphatic heterocycles. The molecule has 108 valence electrons. The molecule has 0 aliphatic carbocycles. The minimum absolute atomic E-state index is 0.169. The second kappa shape index (κ2) is 7.03. The maximum atomic E-state index is 13.6. The molecule has 1 heterocycles. The third-order valence-electron chi connectivity index (χ3n) is 3.29. The molecule has 1 unspecified atom stereocenters. The van der Waals surface area contributed by atoms with E-state index in [-0.39, 0.29) is 11.7 Å². The van der Waals surface area contributed by atoms with E-state index in [0.717, 1.165) is 36.3 Å². The molecular formula is C15H20FN3O. The first-order valence-corrected chi connectivity index (χ1v) is 7.01. The zero-order valence-corrected chi connectivity index (χ0v) is 11.9. The van der Waals surface area contributed by atoms with Crippen LogP contribution in [0.5, 0.6) is 5.75 Å². The highest BCUT2D eigenvalue weighted by Crippen LogP contribution is 2.32. The van der Waals surface area contributed by atoms with Crippen LogP contribution in [0.3, 0.4) is 0 Å². The molecule has 5 heteroatoms. The molecule has 0 aliphatic rings. The number of hydrogen-bond acceptors (Lipinski definition) is 3. The van der Waals surface area contributed by atoms with Crippen molar-refractivity contribution in [2.75, 3.05) is 6.61 Å². The molecule has 20 heavy (non-hydrogen) atoms. The smallest absolute Gasteiger partial charge is 0.123 e. The number of ether oxygens (including phenoxy) is 1. The summed E-state index contributed by atoms with van der Waals surface area (Å²) in [5.74, 6) is 0.703. The molecule has 0 saturated heterocycles. The number of aromatic nitrogens is 3. The van der Waals surface area contributed by atoms with E-state index in [1.807, 2.05) is 0 Å². The summed E-state index contributed by atoms with van der Waals surface area (Å²) in [5, 5.41) is 10.5. The van der Waals surface area contributed by atoms with Gasteiger partial charge in [0.25, 0.3) is 0 Å². The summed E-state index contributed by atoms with van der Waals surface area (Å²) in [6.45, 7) is 4.77. The summed E-state index contributed by atoms with van der Waals surface area (Å²) < 4.78 is 19.3. The van der Waals surface area contributed by atoms with Gasteiger partial charge >= 0.3 is 0 Å². The van der Waals surface area contributed by atoms with Gasteiger partial charge in [0.15, 0.2) is 0 Å². The SMILES string of the molecule is CCCOc1ccc(F)cc1C(CC)Cc1cn[nH]n1. The summed E-state index contributed by atoms with van der Waals surface area (Å²) in [6, 6.07) is 4.72. The molecule has 0 bridgehead atoms. The van der Waals surface area contributed by atoms with Gasteiger partial charge in [-0.1, -0.05) is 13.8 Å². The first-order chi connectivity index (χ1) is 9.74. The van der Waals surface area contributed by atoms with Gasteiger partial charge in [-0.25, -0.2) is 4.39 Å². The van der Waals surface area contributed by atoms with Crippen LogP contribution in [0.15, 0.2) is 24.4 Å². The predicted molar refractivity (Wildman–Crippen MR) is 75.3 cm³/mol. The van der Waals surface area contributed by atoms with Gasteiger partial charge in [0.2, 0.25) is 0 Å². The molecule has 0 saturated carbocycles. The van der Waals surface area contributed by atoms with Crippen LogP contribution in [0, 0.1) is 5.82 Å². The Morgan fingerprint density at radius 1 is 1.35 bits per heavy atom. The Morgan fingerprint density at radius 3 is 2.85 bits per heavy atom. The van der Waals surface area contributed by atoms with Gasteiger partial charge in [0, 0.05) is 12.0 Å². The van der Waals surface area contributed by atoms with Crippen molar-refractivity contribution in [3.8, 4) is 5.75 Å². The zero-order chi connectivity index (χ0) is 14.4. The largest absolute Gasteiger partial charge is 0.493 e. The molecule has 0 radical (unpaired) electrons. The third-order valence-corrected chi connectivity index (χ3v) is 3.29. The molecule has 4 nitrogen and oxygen atoms in total. The second-order valence-electron chi connectivity index (χ2n) is 4.80. The molecule has 1 aromatic heterocycles. The normalized spacial score (nSPS) is 12.3. The number of hydrogen-bond donors (Lipinski definition) is 1.